The third-order valence-corrected chi connectivity index (χ3v) is 7.10. The van der Waals surface area contributed by atoms with Gasteiger partial charge in [0.05, 0.1) is 0 Å². The van der Waals surface area contributed by atoms with Gasteiger partial charge in [0.2, 0.25) is 0 Å². The molecule has 5 aromatic carbocycles. The van der Waals surface area contributed by atoms with E-state index in [2.05, 4.69) is 126 Å². The fourth-order valence-corrected chi connectivity index (χ4v) is 5.83. The van der Waals surface area contributed by atoms with Crippen LogP contribution in [0.25, 0.3) is 21.5 Å². The molecule has 0 saturated heterocycles. The first kappa shape index (κ1) is 22.3. The first-order chi connectivity index (χ1) is 16.3. The lowest BCUT2D eigenvalue weighted by molar-refractivity contribution is 1.33. The van der Waals surface area contributed by atoms with E-state index in [1.807, 2.05) is 0 Å². The minimum absolute atomic E-state index is 0.0678. The molecule has 5 aromatic rings. The molecule has 0 saturated carbocycles. The van der Waals surface area contributed by atoms with Gasteiger partial charge in [-0.25, -0.2) is 0 Å². The third kappa shape index (κ3) is 3.98. The highest BCUT2D eigenvalue weighted by Gasteiger charge is 2.28. The van der Waals surface area contributed by atoms with E-state index < -0.39 is 0 Å². The highest BCUT2D eigenvalue weighted by molar-refractivity contribution is 6.89. The van der Waals surface area contributed by atoms with Crippen LogP contribution in [0.4, 0.5) is 5.69 Å². The van der Waals surface area contributed by atoms with Gasteiger partial charge in [0.1, 0.15) is 0 Å². The lowest BCUT2D eigenvalue weighted by atomic mass is 9.46. The van der Waals surface area contributed by atoms with Gasteiger partial charge in [-0.05, 0) is 86.8 Å². The molecule has 0 radical (unpaired) electrons. The Labute approximate surface area is 203 Å². The highest BCUT2D eigenvalue weighted by Crippen LogP contribution is 2.29. The van der Waals surface area contributed by atoms with Crippen LogP contribution in [0.5, 0.6) is 0 Å². The molecule has 0 aliphatic rings. The Balaban J connectivity index is 1.75. The summed E-state index contributed by atoms with van der Waals surface area (Å²) < 4.78 is 0. The second kappa shape index (κ2) is 8.68. The average Bonchev–Trinajstić information content (AvgIpc) is 2.76. The van der Waals surface area contributed by atoms with Gasteiger partial charge in [0.25, 0.3) is 0 Å². The summed E-state index contributed by atoms with van der Waals surface area (Å²) >= 11 is 0. The molecule has 0 spiro atoms. The van der Waals surface area contributed by atoms with Crippen LogP contribution in [0.15, 0.2) is 78.9 Å². The van der Waals surface area contributed by atoms with Crippen LogP contribution in [0.3, 0.4) is 0 Å². The van der Waals surface area contributed by atoms with Gasteiger partial charge in [-0.3, -0.25) is 0 Å². The number of hydrogen-bond donors (Lipinski definition) is 1. The second-order valence-electron chi connectivity index (χ2n) is 9.93. The molecule has 0 aliphatic carbocycles. The Morgan fingerprint density at radius 3 is 1.50 bits per heavy atom. The highest BCUT2D eigenvalue weighted by atomic mass is 14.8. The monoisotopic (exact) mass is 441 g/mol. The Hall–Kier alpha value is -3.52. The van der Waals surface area contributed by atoms with Crippen molar-refractivity contribution in [2.75, 3.05) is 5.23 Å². The van der Waals surface area contributed by atoms with E-state index in [0.29, 0.717) is 0 Å². The Kier molecular flexibility index (Phi) is 5.69. The standard InChI is InChI=1S/C32H32BN/c1-20-14-22(3)31(23(4)15-20)33(32-24(5)16-21(2)17-25(32)6)34-30-13-9-12-28-18-26-10-7-8-11-27(26)19-29(28)30/h7-19,34H,1-6H3. The molecule has 0 amide bonds. The predicted octanol–water partition coefficient (Wildman–Crippen LogP) is 7.06. The van der Waals surface area contributed by atoms with E-state index in [9.17, 15) is 0 Å². The van der Waals surface area contributed by atoms with Crippen LogP contribution in [0, 0.1) is 41.5 Å². The fourth-order valence-electron chi connectivity index (χ4n) is 5.83. The molecule has 0 unspecified atom stereocenters. The smallest absolute Gasteiger partial charge is 0.322 e. The van der Waals surface area contributed by atoms with Crippen molar-refractivity contribution in [1.82, 2.24) is 0 Å². The van der Waals surface area contributed by atoms with Gasteiger partial charge < -0.3 is 5.23 Å². The summed E-state index contributed by atoms with van der Waals surface area (Å²) in [5.41, 5.74) is 11.9. The number of anilines is 1. The average molecular weight is 441 g/mol. The minimum atomic E-state index is 0.0678. The SMILES string of the molecule is Cc1cc(C)c(B(Nc2cccc3cc4ccccc4cc23)c2c(C)cc(C)cc2C)c(C)c1. The van der Waals surface area contributed by atoms with Crippen LogP contribution in [0.2, 0.25) is 0 Å². The van der Waals surface area contributed by atoms with E-state index in [1.54, 1.807) is 0 Å². The molecule has 1 N–H and O–H groups in total. The maximum Gasteiger partial charge on any atom is 0.322 e. The van der Waals surface area contributed by atoms with Gasteiger partial charge >= 0.3 is 6.85 Å². The molecular weight excluding hydrogens is 409 g/mol. The molecule has 0 heterocycles. The van der Waals surface area contributed by atoms with Crippen LogP contribution in [0.1, 0.15) is 33.4 Å². The maximum absolute atomic E-state index is 4.02. The molecule has 0 fully saturated rings. The van der Waals surface area contributed by atoms with E-state index in [-0.39, 0.29) is 6.85 Å². The molecule has 168 valence electrons. The summed E-state index contributed by atoms with van der Waals surface area (Å²) in [6, 6.07) is 29.1. The maximum atomic E-state index is 4.02. The summed E-state index contributed by atoms with van der Waals surface area (Å²) in [6.07, 6.45) is 0. The predicted molar refractivity (Wildman–Crippen MR) is 151 cm³/mol. The summed E-state index contributed by atoms with van der Waals surface area (Å²) in [5, 5.41) is 9.09. The summed E-state index contributed by atoms with van der Waals surface area (Å²) in [5.74, 6) is 0. The van der Waals surface area contributed by atoms with Gasteiger partial charge in [-0.2, -0.15) is 0 Å². The lowest BCUT2D eigenvalue weighted by Gasteiger charge is -2.26. The summed E-state index contributed by atoms with van der Waals surface area (Å²) in [7, 11) is 0. The van der Waals surface area contributed by atoms with Crippen molar-refractivity contribution in [3.05, 3.63) is 112 Å². The molecule has 5 rings (SSSR count). The normalized spacial score (nSPS) is 11.2. The zero-order valence-electron chi connectivity index (χ0n) is 21.1. The largest absolute Gasteiger partial charge is 0.420 e. The number of fused-ring (bicyclic) bond motifs is 2. The lowest BCUT2D eigenvalue weighted by Crippen LogP contribution is -2.53. The summed E-state index contributed by atoms with van der Waals surface area (Å²) in [6.45, 7) is 13.4. The van der Waals surface area contributed by atoms with Gasteiger partial charge in [0, 0.05) is 11.1 Å². The van der Waals surface area contributed by atoms with Crippen molar-refractivity contribution in [2.45, 2.75) is 41.5 Å². The minimum Gasteiger partial charge on any atom is -0.420 e. The summed E-state index contributed by atoms with van der Waals surface area (Å²) in [4.78, 5) is 0. The zero-order chi connectivity index (χ0) is 24.0. The molecule has 34 heavy (non-hydrogen) atoms. The van der Waals surface area contributed by atoms with E-state index >= 15 is 0 Å². The van der Waals surface area contributed by atoms with Gasteiger partial charge in [0.15, 0.2) is 0 Å². The first-order valence-corrected chi connectivity index (χ1v) is 12.2. The van der Waals surface area contributed by atoms with Crippen molar-refractivity contribution in [3.63, 3.8) is 0 Å². The molecule has 2 heteroatoms. The molecule has 0 bridgehead atoms. The molecule has 0 atom stereocenters. The topological polar surface area (TPSA) is 12.0 Å². The second-order valence-corrected chi connectivity index (χ2v) is 9.93. The van der Waals surface area contributed by atoms with Crippen molar-refractivity contribution in [3.8, 4) is 0 Å². The van der Waals surface area contributed by atoms with Crippen molar-refractivity contribution >= 4 is 45.0 Å². The Bertz CT molecular complexity index is 1440. The molecular formula is C32H32BN. The fraction of sp³-hybridized carbons (Fsp3) is 0.188. The number of hydrogen-bond acceptors (Lipinski definition) is 1. The number of nitrogens with one attached hydrogen (secondary N) is 1. The zero-order valence-corrected chi connectivity index (χ0v) is 21.1. The van der Waals surface area contributed by atoms with Crippen LogP contribution >= 0.6 is 0 Å². The van der Waals surface area contributed by atoms with Crippen molar-refractivity contribution in [1.29, 1.82) is 0 Å². The van der Waals surface area contributed by atoms with E-state index in [4.69, 9.17) is 0 Å². The molecule has 0 aromatic heterocycles. The Morgan fingerprint density at radius 1 is 0.500 bits per heavy atom. The van der Waals surface area contributed by atoms with Crippen molar-refractivity contribution in [2.24, 2.45) is 0 Å². The van der Waals surface area contributed by atoms with Crippen molar-refractivity contribution < 1.29 is 0 Å². The third-order valence-electron chi connectivity index (χ3n) is 7.10. The van der Waals surface area contributed by atoms with E-state index in [1.165, 1.54) is 71.5 Å². The first-order valence-electron chi connectivity index (χ1n) is 12.2. The quantitative estimate of drug-likeness (QED) is 0.233. The van der Waals surface area contributed by atoms with Crippen LogP contribution < -0.4 is 16.2 Å². The number of rotatable bonds is 4. The van der Waals surface area contributed by atoms with Crippen LogP contribution in [-0.2, 0) is 0 Å². The van der Waals surface area contributed by atoms with E-state index in [0.717, 1.165) is 0 Å². The Morgan fingerprint density at radius 2 is 0.971 bits per heavy atom. The number of benzene rings is 5. The number of aryl methyl sites for hydroxylation is 6. The molecule has 0 aliphatic heterocycles. The van der Waals surface area contributed by atoms with Gasteiger partial charge in [-0.15, -0.1) is 0 Å². The molecule has 1 nitrogen and oxygen atoms in total. The van der Waals surface area contributed by atoms with Crippen LogP contribution in [-0.4, -0.2) is 6.85 Å². The van der Waals surface area contributed by atoms with Gasteiger partial charge in [-0.1, -0.05) is 94.0 Å².